The van der Waals surface area contributed by atoms with Gasteiger partial charge in [-0.05, 0) is 56.5 Å². The highest BCUT2D eigenvalue weighted by molar-refractivity contribution is 5.85. The Morgan fingerprint density at radius 3 is 2.86 bits per heavy atom. The first-order chi connectivity index (χ1) is 10.2. The van der Waals surface area contributed by atoms with Crippen molar-refractivity contribution in [2.45, 2.75) is 33.1 Å². The Kier molecular flexibility index (Phi) is 8.28. The number of carbonyl (C=O) groups is 1. The first-order valence-corrected chi connectivity index (χ1v) is 7.77. The summed E-state index contributed by atoms with van der Waals surface area (Å²) in [4.78, 5) is 11.4. The summed E-state index contributed by atoms with van der Waals surface area (Å²) in [6.45, 7) is 7.26. The monoisotopic (exact) mass is 327 g/mol. The molecule has 0 aliphatic carbocycles. The van der Waals surface area contributed by atoms with Crippen molar-refractivity contribution >= 4 is 18.4 Å². The second-order valence-corrected chi connectivity index (χ2v) is 5.56. The van der Waals surface area contributed by atoms with Crippen molar-refractivity contribution in [1.29, 1.82) is 0 Å². The summed E-state index contributed by atoms with van der Waals surface area (Å²) >= 11 is 0. The first-order valence-electron chi connectivity index (χ1n) is 7.77. The van der Waals surface area contributed by atoms with E-state index < -0.39 is 0 Å². The van der Waals surface area contributed by atoms with Gasteiger partial charge in [0.15, 0.2) is 0 Å². The van der Waals surface area contributed by atoms with Gasteiger partial charge in [0.2, 0.25) is 0 Å². The van der Waals surface area contributed by atoms with Gasteiger partial charge in [-0.1, -0.05) is 6.07 Å². The largest absolute Gasteiger partial charge is 0.493 e. The number of hydrogen-bond acceptors (Lipinski definition) is 4. The molecule has 0 amide bonds. The molecule has 0 aromatic heterocycles. The van der Waals surface area contributed by atoms with Crippen molar-refractivity contribution in [1.82, 2.24) is 5.32 Å². The van der Waals surface area contributed by atoms with E-state index in [-0.39, 0.29) is 18.4 Å². The van der Waals surface area contributed by atoms with E-state index in [1.165, 1.54) is 17.5 Å². The Morgan fingerprint density at radius 2 is 2.23 bits per heavy atom. The summed E-state index contributed by atoms with van der Waals surface area (Å²) in [5, 5.41) is 3.34. The molecule has 2 rings (SSSR count). The quantitative estimate of drug-likeness (QED) is 0.782. The lowest BCUT2D eigenvalue weighted by atomic mass is 10.0. The topological polar surface area (TPSA) is 47.6 Å². The molecule has 1 saturated heterocycles. The number of esters is 1. The number of rotatable bonds is 7. The van der Waals surface area contributed by atoms with E-state index in [9.17, 15) is 4.79 Å². The summed E-state index contributed by atoms with van der Waals surface area (Å²) in [7, 11) is 0. The van der Waals surface area contributed by atoms with Crippen LogP contribution in [-0.4, -0.2) is 32.3 Å². The van der Waals surface area contributed by atoms with E-state index >= 15 is 0 Å². The van der Waals surface area contributed by atoms with Crippen molar-refractivity contribution in [3.05, 3.63) is 29.3 Å². The zero-order chi connectivity index (χ0) is 15.1. The third kappa shape index (κ3) is 5.85. The Hall–Kier alpha value is -1.26. The zero-order valence-electron chi connectivity index (χ0n) is 13.4. The standard InChI is InChI=1S/C17H25NO3.ClH/c1-3-20-17(19)7-5-15-4-6-16(10-13(15)2)21-12-14-8-9-18-11-14;/h4,6,10,14,18H,3,5,7-9,11-12H2,1-2H3;1H. The van der Waals surface area contributed by atoms with Gasteiger partial charge in [0.1, 0.15) is 5.75 Å². The maximum Gasteiger partial charge on any atom is 0.306 e. The molecule has 0 radical (unpaired) electrons. The van der Waals surface area contributed by atoms with Gasteiger partial charge >= 0.3 is 5.97 Å². The van der Waals surface area contributed by atoms with Crippen molar-refractivity contribution in [3.8, 4) is 5.75 Å². The summed E-state index contributed by atoms with van der Waals surface area (Å²) in [5.74, 6) is 1.40. The predicted octanol–water partition coefficient (Wildman–Crippen LogP) is 2.90. The number of benzene rings is 1. The van der Waals surface area contributed by atoms with E-state index in [1.54, 1.807) is 0 Å². The van der Waals surface area contributed by atoms with Crippen LogP contribution in [0.3, 0.4) is 0 Å². The minimum atomic E-state index is -0.133. The molecular weight excluding hydrogens is 302 g/mol. The van der Waals surface area contributed by atoms with Crippen molar-refractivity contribution in [3.63, 3.8) is 0 Å². The number of halogens is 1. The maximum absolute atomic E-state index is 11.4. The highest BCUT2D eigenvalue weighted by atomic mass is 35.5. The van der Waals surface area contributed by atoms with E-state index in [0.29, 0.717) is 18.9 Å². The molecule has 1 aliphatic rings. The van der Waals surface area contributed by atoms with Crippen LogP contribution in [-0.2, 0) is 16.0 Å². The van der Waals surface area contributed by atoms with Gasteiger partial charge < -0.3 is 14.8 Å². The highest BCUT2D eigenvalue weighted by Crippen LogP contribution is 2.20. The third-order valence-corrected chi connectivity index (χ3v) is 3.87. The van der Waals surface area contributed by atoms with Crippen LogP contribution in [0.4, 0.5) is 0 Å². The van der Waals surface area contributed by atoms with Gasteiger partial charge in [0.05, 0.1) is 13.2 Å². The van der Waals surface area contributed by atoms with Crippen LogP contribution in [0.25, 0.3) is 0 Å². The van der Waals surface area contributed by atoms with E-state index in [2.05, 4.69) is 24.4 Å². The van der Waals surface area contributed by atoms with Gasteiger partial charge in [0.25, 0.3) is 0 Å². The SMILES string of the molecule is CCOC(=O)CCc1ccc(OCC2CCNC2)cc1C.Cl. The second kappa shape index (κ2) is 9.70. The Balaban J connectivity index is 0.00000242. The predicted molar refractivity (Wildman–Crippen MR) is 89.9 cm³/mol. The molecule has 1 N–H and O–H groups in total. The maximum atomic E-state index is 11.4. The zero-order valence-corrected chi connectivity index (χ0v) is 14.2. The number of aryl methyl sites for hydroxylation is 2. The summed E-state index contributed by atoms with van der Waals surface area (Å²) in [6, 6.07) is 6.11. The number of hydrogen-bond donors (Lipinski definition) is 1. The van der Waals surface area contributed by atoms with Crippen molar-refractivity contribution in [2.24, 2.45) is 5.92 Å². The van der Waals surface area contributed by atoms with Crippen LogP contribution in [0.2, 0.25) is 0 Å². The molecule has 0 saturated carbocycles. The Labute approximate surface area is 139 Å². The van der Waals surface area contributed by atoms with E-state index in [1.807, 2.05) is 13.0 Å². The third-order valence-electron chi connectivity index (χ3n) is 3.87. The Bertz CT molecular complexity index is 473. The van der Waals surface area contributed by atoms with Crippen molar-refractivity contribution < 1.29 is 14.3 Å². The van der Waals surface area contributed by atoms with Crippen LogP contribution in [0.1, 0.15) is 30.9 Å². The molecule has 1 aromatic rings. The molecule has 1 atom stereocenters. The minimum Gasteiger partial charge on any atom is -0.493 e. The molecule has 0 bridgehead atoms. The molecule has 4 nitrogen and oxygen atoms in total. The molecule has 5 heteroatoms. The molecule has 1 unspecified atom stereocenters. The molecule has 1 aromatic carbocycles. The smallest absolute Gasteiger partial charge is 0.306 e. The average Bonchev–Trinajstić information content (AvgIpc) is 2.98. The normalized spacial score (nSPS) is 16.9. The fourth-order valence-corrected chi connectivity index (χ4v) is 2.58. The molecule has 1 fully saturated rings. The van der Waals surface area contributed by atoms with Gasteiger partial charge in [-0.25, -0.2) is 0 Å². The van der Waals surface area contributed by atoms with Gasteiger partial charge in [-0.3, -0.25) is 4.79 Å². The van der Waals surface area contributed by atoms with Crippen molar-refractivity contribution in [2.75, 3.05) is 26.3 Å². The van der Waals surface area contributed by atoms with Gasteiger partial charge in [0, 0.05) is 18.9 Å². The van der Waals surface area contributed by atoms with Crippen LogP contribution >= 0.6 is 12.4 Å². The molecule has 124 valence electrons. The highest BCUT2D eigenvalue weighted by Gasteiger charge is 2.15. The molecular formula is C17H26ClNO3. The van der Waals surface area contributed by atoms with Crippen LogP contribution in [0.15, 0.2) is 18.2 Å². The lowest BCUT2D eigenvalue weighted by Gasteiger charge is -2.13. The second-order valence-electron chi connectivity index (χ2n) is 5.56. The fourth-order valence-electron chi connectivity index (χ4n) is 2.58. The van der Waals surface area contributed by atoms with Crippen LogP contribution in [0.5, 0.6) is 5.75 Å². The first kappa shape index (κ1) is 18.8. The fraction of sp³-hybridized carbons (Fsp3) is 0.588. The summed E-state index contributed by atoms with van der Waals surface area (Å²) in [6.07, 6.45) is 2.34. The molecule has 1 heterocycles. The van der Waals surface area contributed by atoms with E-state index in [4.69, 9.17) is 9.47 Å². The molecule has 1 aliphatic heterocycles. The van der Waals surface area contributed by atoms with Crippen LogP contribution < -0.4 is 10.1 Å². The summed E-state index contributed by atoms with van der Waals surface area (Å²) in [5.41, 5.74) is 2.35. The van der Waals surface area contributed by atoms with Crippen LogP contribution in [0, 0.1) is 12.8 Å². The van der Waals surface area contributed by atoms with Gasteiger partial charge in [-0.15, -0.1) is 12.4 Å². The average molecular weight is 328 g/mol. The minimum absolute atomic E-state index is 0. The molecule has 22 heavy (non-hydrogen) atoms. The number of ether oxygens (including phenoxy) is 2. The lowest BCUT2D eigenvalue weighted by molar-refractivity contribution is -0.143. The lowest BCUT2D eigenvalue weighted by Crippen LogP contribution is -2.15. The summed E-state index contributed by atoms with van der Waals surface area (Å²) < 4.78 is 10.8. The molecule has 0 spiro atoms. The number of carbonyl (C=O) groups excluding carboxylic acids is 1. The number of nitrogens with one attached hydrogen (secondary N) is 1. The Morgan fingerprint density at radius 1 is 1.41 bits per heavy atom. The van der Waals surface area contributed by atoms with E-state index in [0.717, 1.165) is 31.9 Å². The van der Waals surface area contributed by atoms with Gasteiger partial charge in [-0.2, -0.15) is 0 Å².